The molecule has 3 atom stereocenters. The number of hydrogen-bond donors (Lipinski definition) is 0. The van der Waals surface area contributed by atoms with E-state index < -0.39 is 0 Å². The van der Waals surface area contributed by atoms with Crippen LogP contribution < -0.4 is 0 Å². The van der Waals surface area contributed by atoms with Crippen LogP contribution in [0.4, 0.5) is 0 Å². The lowest BCUT2D eigenvalue weighted by Gasteiger charge is -2.42. The van der Waals surface area contributed by atoms with Gasteiger partial charge in [-0.15, -0.1) is 0 Å². The molecule has 0 aromatic heterocycles. The van der Waals surface area contributed by atoms with Crippen molar-refractivity contribution in [3.63, 3.8) is 0 Å². The minimum Gasteiger partial charge on any atom is -0.0938 e. The normalized spacial score (nSPS) is 18.0. The van der Waals surface area contributed by atoms with Crippen molar-refractivity contribution in [2.45, 2.75) is 48.3 Å². The van der Waals surface area contributed by atoms with Crippen molar-refractivity contribution in [2.75, 3.05) is 0 Å². The van der Waals surface area contributed by atoms with Crippen LogP contribution in [-0.4, -0.2) is 0 Å². The Labute approximate surface area is 387 Å². The molecule has 3 aliphatic carbocycles. The van der Waals surface area contributed by atoms with Gasteiger partial charge in [-0.2, -0.15) is 0 Å². The summed E-state index contributed by atoms with van der Waals surface area (Å²) >= 11 is 2.00. The summed E-state index contributed by atoms with van der Waals surface area (Å²) in [5.41, 5.74) is 21.8. The second-order valence-electron chi connectivity index (χ2n) is 18.7. The third-order valence-corrected chi connectivity index (χ3v) is 16.2. The third kappa shape index (κ3) is 6.05. The summed E-state index contributed by atoms with van der Waals surface area (Å²) < 4.78 is 0. The van der Waals surface area contributed by atoms with E-state index in [1.165, 1.54) is 110 Å². The van der Waals surface area contributed by atoms with Gasteiger partial charge in [0, 0.05) is 16.7 Å². The van der Waals surface area contributed by atoms with Crippen LogP contribution in [0.1, 0.15) is 86.4 Å². The molecule has 13 rings (SSSR count). The molecule has 1 heteroatoms. The Bertz CT molecular complexity index is 3350. The van der Waals surface area contributed by atoms with E-state index in [1.54, 1.807) is 0 Å². The fourth-order valence-electron chi connectivity index (χ4n) is 12.2. The Kier molecular flexibility index (Phi) is 9.10. The van der Waals surface area contributed by atoms with E-state index >= 15 is 0 Å². The summed E-state index contributed by atoms with van der Waals surface area (Å²) in [6.07, 6.45) is 7.84. The molecule has 1 spiro atoms. The van der Waals surface area contributed by atoms with Crippen LogP contribution in [0, 0.1) is 5.92 Å². The quantitative estimate of drug-likeness (QED) is 0.144. The molecule has 9 aromatic carbocycles. The molecule has 0 saturated carbocycles. The topological polar surface area (TPSA) is 0 Å². The Morgan fingerprint density at radius 1 is 0.538 bits per heavy atom. The van der Waals surface area contributed by atoms with Crippen molar-refractivity contribution in [3.8, 4) is 22.3 Å². The van der Waals surface area contributed by atoms with Gasteiger partial charge in [0.05, 0.1) is 5.41 Å². The van der Waals surface area contributed by atoms with Crippen molar-refractivity contribution in [1.29, 1.82) is 0 Å². The summed E-state index contributed by atoms with van der Waals surface area (Å²) in [6.45, 7) is 2.36. The van der Waals surface area contributed by atoms with Gasteiger partial charge in [-0.3, -0.25) is 0 Å². The lowest BCUT2D eigenvalue weighted by atomic mass is 9.65. The first kappa shape index (κ1) is 38.5. The summed E-state index contributed by atoms with van der Waals surface area (Å²) in [4.78, 5) is 2.90. The molecule has 1 aliphatic heterocycles. The lowest BCUT2D eigenvalue weighted by Crippen LogP contribution is -2.33. The first-order valence-electron chi connectivity index (χ1n) is 23.4. The molecule has 0 N–H and O–H groups in total. The predicted molar refractivity (Wildman–Crippen MR) is 272 cm³/mol. The Morgan fingerprint density at radius 2 is 1.18 bits per heavy atom. The molecule has 9 aromatic rings. The van der Waals surface area contributed by atoms with Crippen LogP contribution in [0.25, 0.3) is 33.0 Å². The molecule has 3 unspecified atom stereocenters. The van der Waals surface area contributed by atoms with Gasteiger partial charge >= 0.3 is 0 Å². The third-order valence-electron chi connectivity index (χ3n) is 15.0. The second-order valence-corrected chi connectivity index (χ2v) is 19.8. The maximum atomic E-state index is 2.61. The summed E-state index contributed by atoms with van der Waals surface area (Å²) in [5.74, 6) is 0.743. The first-order valence-corrected chi connectivity index (χ1v) is 24.2. The van der Waals surface area contributed by atoms with Crippen LogP contribution in [-0.2, 0) is 18.3 Å². The van der Waals surface area contributed by atoms with Crippen molar-refractivity contribution < 1.29 is 0 Å². The average molecular weight is 849 g/mol. The zero-order valence-electron chi connectivity index (χ0n) is 36.5. The average Bonchev–Trinajstić information content (AvgIpc) is 3.86. The van der Waals surface area contributed by atoms with Gasteiger partial charge in [-0.05, 0) is 142 Å². The SMILES string of the molecule is CC1C=CC2=C(C1)Sc1ccccc1C21c2ccccc2-c2cc(C(Cc3ccccc3)c3c4c(cc5ccccc35)Cc3ccc(C(c5ccccc5)c5ccccc5)cc3-4)ccc21. The number of fused-ring (bicyclic) bond motifs is 12. The van der Waals surface area contributed by atoms with Gasteiger partial charge < -0.3 is 0 Å². The molecule has 0 saturated heterocycles. The monoisotopic (exact) mass is 848 g/mol. The number of allylic oxidation sites excluding steroid dienone is 4. The smallest absolute Gasteiger partial charge is 0.0732 e. The molecule has 0 fully saturated rings. The minimum atomic E-state index is -0.364. The Balaban J connectivity index is 1.05. The van der Waals surface area contributed by atoms with Crippen LogP contribution in [0.2, 0.25) is 0 Å². The van der Waals surface area contributed by atoms with Gasteiger partial charge in [0.1, 0.15) is 0 Å². The van der Waals surface area contributed by atoms with E-state index in [1.807, 2.05) is 11.8 Å². The van der Waals surface area contributed by atoms with Crippen LogP contribution in [0.15, 0.2) is 234 Å². The fourth-order valence-corrected chi connectivity index (χ4v) is 13.6. The summed E-state index contributed by atoms with van der Waals surface area (Å²) in [7, 11) is 0. The maximum absolute atomic E-state index is 2.61. The standard InChI is InChI=1S/C64H48S/c1-41-29-33-58-60(35-41)65-59-28-16-15-27-57(59)64(58)55-26-14-13-25-51(55)54-39-47(32-34-56(54)64)52(36-42-17-5-2-6-18-42)63-50-24-12-11-23-45(50)37-49-38-46-30-31-48(40-53(46)62(49)63)61(43-19-7-3-8-20-43)44-21-9-4-10-22-44/h2-34,37,39-41,52,61H,35-36,38H2,1H3. The highest BCUT2D eigenvalue weighted by molar-refractivity contribution is 8.03. The first-order chi connectivity index (χ1) is 32.1. The molecule has 0 radical (unpaired) electrons. The van der Waals surface area contributed by atoms with Crippen molar-refractivity contribution in [1.82, 2.24) is 0 Å². The fraction of sp³-hybridized carbons (Fsp3) is 0.125. The van der Waals surface area contributed by atoms with E-state index in [9.17, 15) is 0 Å². The Morgan fingerprint density at radius 3 is 1.98 bits per heavy atom. The van der Waals surface area contributed by atoms with E-state index in [4.69, 9.17) is 0 Å². The molecule has 4 aliphatic rings. The molecular weight excluding hydrogens is 801 g/mol. The van der Waals surface area contributed by atoms with Gasteiger partial charge in [0.25, 0.3) is 0 Å². The molecule has 0 nitrogen and oxygen atoms in total. The highest BCUT2D eigenvalue weighted by Gasteiger charge is 2.51. The van der Waals surface area contributed by atoms with Gasteiger partial charge in [-0.25, -0.2) is 0 Å². The van der Waals surface area contributed by atoms with E-state index in [0.717, 1.165) is 19.3 Å². The lowest BCUT2D eigenvalue weighted by molar-refractivity contribution is 0.671. The van der Waals surface area contributed by atoms with Crippen molar-refractivity contribution in [2.24, 2.45) is 5.92 Å². The second kappa shape index (κ2) is 15.4. The molecule has 1 heterocycles. The molecule has 65 heavy (non-hydrogen) atoms. The highest BCUT2D eigenvalue weighted by Crippen LogP contribution is 2.64. The van der Waals surface area contributed by atoms with Crippen molar-refractivity contribution >= 4 is 22.5 Å². The number of thioether (sulfide) groups is 1. The largest absolute Gasteiger partial charge is 0.0938 e. The van der Waals surface area contributed by atoms with Gasteiger partial charge in [-0.1, -0.05) is 225 Å². The molecular formula is C64H48S. The predicted octanol–water partition coefficient (Wildman–Crippen LogP) is 16.2. The summed E-state index contributed by atoms with van der Waals surface area (Å²) in [5, 5.41) is 2.67. The van der Waals surface area contributed by atoms with Gasteiger partial charge in [0.15, 0.2) is 0 Å². The Hall–Kier alpha value is -6.93. The zero-order chi connectivity index (χ0) is 43.1. The van der Waals surface area contributed by atoms with Crippen molar-refractivity contribution in [3.05, 3.63) is 290 Å². The van der Waals surface area contributed by atoms with E-state index in [-0.39, 0.29) is 17.3 Å². The van der Waals surface area contributed by atoms with E-state index in [0.29, 0.717) is 5.92 Å². The molecule has 310 valence electrons. The molecule has 0 amide bonds. The maximum Gasteiger partial charge on any atom is 0.0732 e. The number of rotatable bonds is 7. The van der Waals surface area contributed by atoms with Gasteiger partial charge in [0.2, 0.25) is 0 Å². The van der Waals surface area contributed by atoms with Crippen LogP contribution >= 0.6 is 11.8 Å². The minimum absolute atomic E-state index is 0.0966. The number of benzene rings is 9. The highest BCUT2D eigenvalue weighted by atomic mass is 32.2. The zero-order valence-corrected chi connectivity index (χ0v) is 37.4. The molecule has 0 bridgehead atoms. The van der Waals surface area contributed by atoms with Crippen LogP contribution in [0.5, 0.6) is 0 Å². The van der Waals surface area contributed by atoms with Crippen LogP contribution in [0.3, 0.4) is 0 Å². The summed E-state index contributed by atoms with van der Waals surface area (Å²) in [6, 6.07) is 78.6. The number of hydrogen-bond acceptors (Lipinski definition) is 1. The van der Waals surface area contributed by atoms with E-state index in [2.05, 4.69) is 225 Å².